The molecule has 0 radical (unpaired) electrons. The van der Waals surface area contributed by atoms with Crippen molar-refractivity contribution in [1.82, 2.24) is 0 Å². The van der Waals surface area contributed by atoms with Crippen LogP contribution in [0.2, 0.25) is 0 Å². The maximum Gasteiger partial charge on any atom is 0.338 e. The fourth-order valence-electron chi connectivity index (χ4n) is 7.25. The molecular formula is C26H30N2O4. The first-order chi connectivity index (χ1) is 15.3. The second kappa shape index (κ2) is 7.58. The summed E-state index contributed by atoms with van der Waals surface area (Å²) >= 11 is 0. The van der Waals surface area contributed by atoms with Crippen LogP contribution >= 0.6 is 0 Å². The van der Waals surface area contributed by atoms with Gasteiger partial charge in [0.2, 0.25) is 5.88 Å². The predicted molar refractivity (Wildman–Crippen MR) is 118 cm³/mol. The van der Waals surface area contributed by atoms with E-state index in [0.29, 0.717) is 11.3 Å². The molecule has 32 heavy (non-hydrogen) atoms. The molecule has 6 heteroatoms. The van der Waals surface area contributed by atoms with Crippen LogP contribution in [0.3, 0.4) is 0 Å². The molecule has 4 saturated carbocycles. The Kier molecular flexibility index (Phi) is 4.96. The number of nitrogens with two attached hydrogens (primary N) is 1. The number of nitriles is 1. The Labute approximate surface area is 188 Å². The molecule has 168 valence electrons. The number of benzene rings is 1. The highest BCUT2D eigenvalue weighted by Crippen LogP contribution is 2.61. The number of rotatable bonds is 4. The Balaban J connectivity index is 1.62. The van der Waals surface area contributed by atoms with Crippen molar-refractivity contribution in [2.24, 2.45) is 23.5 Å². The van der Waals surface area contributed by atoms with Crippen molar-refractivity contribution in [3.8, 4) is 11.8 Å². The van der Waals surface area contributed by atoms with Crippen LogP contribution in [0.15, 0.2) is 41.0 Å². The normalized spacial score (nSPS) is 33.2. The molecule has 4 bridgehead atoms. The second-order valence-electron chi connectivity index (χ2n) is 10.1. The molecule has 1 heterocycles. The summed E-state index contributed by atoms with van der Waals surface area (Å²) in [7, 11) is 0. The van der Waals surface area contributed by atoms with E-state index in [1.54, 1.807) is 19.9 Å². The van der Waals surface area contributed by atoms with E-state index in [1.807, 2.05) is 12.1 Å². The van der Waals surface area contributed by atoms with Crippen molar-refractivity contribution in [2.45, 2.75) is 63.7 Å². The highest BCUT2D eigenvalue weighted by Gasteiger charge is 2.52. The van der Waals surface area contributed by atoms with Crippen molar-refractivity contribution in [3.05, 3.63) is 52.1 Å². The minimum atomic E-state index is -0.818. The van der Waals surface area contributed by atoms with E-state index in [2.05, 4.69) is 6.07 Å². The van der Waals surface area contributed by atoms with Crippen LogP contribution in [-0.4, -0.2) is 17.7 Å². The van der Waals surface area contributed by atoms with E-state index in [4.69, 9.17) is 15.2 Å². The number of carbonyl (C=O) groups is 1. The van der Waals surface area contributed by atoms with Gasteiger partial charge in [0.15, 0.2) is 0 Å². The molecule has 1 aromatic rings. The van der Waals surface area contributed by atoms with Gasteiger partial charge in [0.1, 0.15) is 23.2 Å². The first-order valence-corrected chi connectivity index (χ1v) is 11.6. The standard InChI is InChI=1S/C26H30N2O4/c1-3-31-25(30)22-14(2)32-24(28)20(13-27)23(22)19-9-18(4-5-21(19)29)26-10-15-6-16(11-26)8-17(7-15)12-26/h4-5,9,15-17,23,29H,3,6-8,10-12,28H2,1-2H3. The average molecular weight is 435 g/mol. The van der Waals surface area contributed by atoms with E-state index in [9.17, 15) is 15.2 Å². The topological polar surface area (TPSA) is 106 Å². The van der Waals surface area contributed by atoms with Crippen LogP contribution in [0.25, 0.3) is 0 Å². The molecule has 4 aliphatic carbocycles. The number of phenolic OH excluding ortho intramolecular Hbond substituents is 1. The number of phenols is 1. The zero-order valence-corrected chi connectivity index (χ0v) is 18.7. The van der Waals surface area contributed by atoms with Gasteiger partial charge in [-0.15, -0.1) is 0 Å². The van der Waals surface area contributed by atoms with Gasteiger partial charge in [0.25, 0.3) is 0 Å². The number of carbonyl (C=O) groups excluding carboxylic acids is 1. The summed E-state index contributed by atoms with van der Waals surface area (Å²) in [6.07, 6.45) is 7.57. The molecular weight excluding hydrogens is 404 g/mol. The average Bonchev–Trinajstić information content (AvgIpc) is 2.72. The van der Waals surface area contributed by atoms with Crippen LogP contribution in [0.4, 0.5) is 0 Å². The molecule has 0 aromatic heterocycles. The second-order valence-corrected chi connectivity index (χ2v) is 10.1. The lowest BCUT2D eigenvalue weighted by atomic mass is 9.48. The summed E-state index contributed by atoms with van der Waals surface area (Å²) in [5, 5.41) is 20.8. The third-order valence-corrected chi connectivity index (χ3v) is 8.09. The summed E-state index contributed by atoms with van der Waals surface area (Å²) in [6, 6.07) is 7.86. The van der Waals surface area contributed by atoms with Crippen molar-refractivity contribution in [1.29, 1.82) is 5.26 Å². The summed E-state index contributed by atoms with van der Waals surface area (Å²) in [4.78, 5) is 12.9. The van der Waals surface area contributed by atoms with E-state index >= 15 is 0 Å². The largest absolute Gasteiger partial charge is 0.508 e. The molecule has 0 spiro atoms. The Morgan fingerprint density at radius 2 is 1.88 bits per heavy atom. The number of allylic oxidation sites excluding steroid dienone is 2. The molecule has 1 aliphatic heterocycles. The fourth-order valence-corrected chi connectivity index (χ4v) is 7.25. The van der Waals surface area contributed by atoms with Gasteiger partial charge in [-0.05, 0) is 87.2 Å². The Hall–Kier alpha value is -2.94. The van der Waals surface area contributed by atoms with Gasteiger partial charge in [-0.2, -0.15) is 5.26 Å². The summed E-state index contributed by atoms with van der Waals surface area (Å²) < 4.78 is 10.8. The van der Waals surface area contributed by atoms with Crippen LogP contribution in [-0.2, 0) is 19.7 Å². The van der Waals surface area contributed by atoms with Gasteiger partial charge in [-0.1, -0.05) is 12.1 Å². The van der Waals surface area contributed by atoms with Gasteiger partial charge in [0, 0.05) is 5.56 Å². The summed E-state index contributed by atoms with van der Waals surface area (Å²) in [6.45, 7) is 3.57. The van der Waals surface area contributed by atoms with Gasteiger partial charge < -0.3 is 20.3 Å². The monoisotopic (exact) mass is 434 g/mol. The van der Waals surface area contributed by atoms with Crippen LogP contribution in [0.1, 0.15) is 69.4 Å². The van der Waals surface area contributed by atoms with E-state index in [0.717, 1.165) is 17.8 Å². The lowest BCUT2D eigenvalue weighted by Crippen LogP contribution is -2.48. The minimum Gasteiger partial charge on any atom is -0.508 e. The molecule has 4 fully saturated rings. The molecule has 1 unspecified atom stereocenters. The Morgan fingerprint density at radius 3 is 2.44 bits per heavy atom. The molecule has 1 atom stereocenters. The number of esters is 1. The molecule has 0 amide bonds. The van der Waals surface area contributed by atoms with Gasteiger partial charge in [-0.25, -0.2) is 4.79 Å². The van der Waals surface area contributed by atoms with E-state index in [1.165, 1.54) is 44.1 Å². The predicted octanol–water partition coefficient (Wildman–Crippen LogP) is 4.50. The number of hydrogen-bond acceptors (Lipinski definition) is 6. The van der Waals surface area contributed by atoms with Crippen LogP contribution < -0.4 is 5.73 Å². The molecule has 3 N–H and O–H groups in total. The summed E-state index contributed by atoms with van der Waals surface area (Å²) in [5.41, 5.74) is 8.22. The maximum absolute atomic E-state index is 12.9. The highest BCUT2D eigenvalue weighted by atomic mass is 16.5. The molecule has 0 saturated heterocycles. The van der Waals surface area contributed by atoms with Gasteiger partial charge in [0.05, 0.1) is 18.1 Å². The van der Waals surface area contributed by atoms with Crippen molar-refractivity contribution < 1.29 is 19.4 Å². The van der Waals surface area contributed by atoms with Crippen LogP contribution in [0, 0.1) is 29.1 Å². The van der Waals surface area contributed by atoms with Crippen molar-refractivity contribution >= 4 is 5.97 Å². The van der Waals surface area contributed by atoms with Crippen molar-refractivity contribution in [3.63, 3.8) is 0 Å². The lowest BCUT2D eigenvalue weighted by Gasteiger charge is -2.57. The zero-order chi connectivity index (χ0) is 22.6. The zero-order valence-electron chi connectivity index (χ0n) is 18.7. The van der Waals surface area contributed by atoms with Crippen LogP contribution in [0.5, 0.6) is 5.75 Å². The van der Waals surface area contributed by atoms with E-state index < -0.39 is 11.9 Å². The number of nitrogens with zero attached hydrogens (tertiary/aromatic N) is 1. The number of hydrogen-bond donors (Lipinski definition) is 2. The van der Waals surface area contributed by atoms with Crippen molar-refractivity contribution in [2.75, 3.05) is 6.61 Å². The van der Waals surface area contributed by atoms with Gasteiger partial charge in [-0.3, -0.25) is 0 Å². The minimum absolute atomic E-state index is 0.0392. The SMILES string of the molecule is CCOC(=O)C1=C(C)OC(N)=C(C#N)C1c1cc(C23CC4CC(CC(C4)C2)C3)ccc1O. The van der Waals surface area contributed by atoms with Gasteiger partial charge >= 0.3 is 5.97 Å². The Morgan fingerprint density at radius 1 is 1.25 bits per heavy atom. The third-order valence-electron chi connectivity index (χ3n) is 8.09. The van der Waals surface area contributed by atoms with E-state index in [-0.39, 0.29) is 34.8 Å². The first kappa shape index (κ1) is 20.9. The number of ether oxygens (including phenoxy) is 2. The molecule has 5 aliphatic rings. The Bertz CT molecular complexity index is 1040. The number of aromatic hydroxyl groups is 1. The third kappa shape index (κ3) is 3.18. The quantitative estimate of drug-likeness (QED) is 0.676. The lowest BCUT2D eigenvalue weighted by molar-refractivity contribution is -0.139. The molecule has 6 rings (SSSR count). The maximum atomic E-state index is 12.9. The smallest absolute Gasteiger partial charge is 0.338 e. The molecule has 6 nitrogen and oxygen atoms in total. The first-order valence-electron chi connectivity index (χ1n) is 11.6. The summed E-state index contributed by atoms with van der Waals surface area (Å²) in [5.74, 6) is 1.27. The molecule has 1 aromatic carbocycles. The highest BCUT2D eigenvalue weighted by molar-refractivity contribution is 5.92. The fraction of sp³-hybridized carbons (Fsp3) is 0.538.